The summed E-state index contributed by atoms with van der Waals surface area (Å²) < 4.78 is 6.62. The number of hydrogen-bond donors (Lipinski definition) is 1. The highest BCUT2D eigenvalue weighted by Gasteiger charge is 2.16. The van der Waals surface area contributed by atoms with E-state index in [0.717, 1.165) is 10.4 Å². The normalized spacial score (nSPS) is 12.3. The molecule has 1 N–H and O–H groups in total. The lowest BCUT2D eigenvalue weighted by molar-refractivity contribution is -0.122. The number of carbonyl (C=O) groups is 1. The standard InChI is InChI=1S/C18H15N3O3S2/c1-11(13-4-2-6-24-13)20-15(22)8-21-10-19-17-16(18(21)23)12(9-26-17)14-5-3-7-25-14/h2-7,9-11H,8H2,1H3,(H,20,22)/t11-/m0/s1. The van der Waals surface area contributed by atoms with Crippen molar-refractivity contribution in [2.75, 3.05) is 0 Å². The van der Waals surface area contributed by atoms with Crippen LogP contribution >= 0.6 is 22.7 Å². The van der Waals surface area contributed by atoms with Crippen LogP contribution in [0.5, 0.6) is 0 Å². The monoisotopic (exact) mass is 385 g/mol. The maximum Gasteiger partial charge on any atom is 0.263 e. The van der Waals surface area contributed by atoms with Gasteiger partial charge < -0.3 is 9.73 Å². The van der Waals surface area contributed by atoms with Crippen molar-refractivity contribution >= 4 is 38.8 Å². The Morgan fingerprint density at radius 1 is 1.35 bits per heavy atom. The van der Waals surface area contributed by atoms with E-state index in [1.54, 1.807) is 29.7 Å². The van der Waals surface area contributed by atoms with Crippen molar-refractivity contribution in [1.82, 2.24) is 14.9 Å². The lowest BCUT2D eigenvalue weighted by Gasteiger charge is -2.12. The number of thiophene rings is 2. The lowest BCUT2D eigenvalue weighted by Crippen LogP contribution is -2.33. The molecule has 0 spiro atoms. The average Bonchev–Trinajstić information content (AvgIpc) is 3.38. The summed E-state index contributed by atoms with van der Waals surface area (Å²) in [5.74, 6) is 0.391. The highest BCUT2D eigenvalue weighted by molar-refractivity contribution is 7.18. The number of fused-ring (bicyclic) bond motifs is 1. The molecule has 4 heterocycles. The number of furan rings is 1. The fraction of sp³-hybridized carbons (Fsp3) is 0.167. The van der Waals surface area contributed by atoms with Crippen molar-refractivity contribution in [3.8, 4) is 10.4 Å². The molecule has 0 fully saturated rings. The summed E-state index contributed by atoms with van der Waals surface area (Å²) in [5.41, 5.74) is 0.664. The third-order valence-electron chi connectivity index (χ3n) is 4.01. The number of rotatable bonds is 5. The van der Waals surface area contributed by atoms with Crippen LogP contribution in [0.4, 0.5) is 0 Å². The highest BCUT2D eigenvalue weighted by Crippen LogP contribution is 2.33. The molecule has 0 radical (unpaired) electrons. The Hall–Kier alpha value is -2.71. The SMILES string of the molecule is C[C@H](NC(=O)Cn1cnc2scc(-c3cccs3)c2c1=O)c1ccco1. The molecule has 4 rings (SSSR count). The van der Waals surface area contributed by atoms with Gasteiger partial charge in [0.1, 0.15) is 17.1 Å². The van der Waals surface area contributed by atoms with Crippen molar-refractivity contribution < 1.29 is 9.21 Å². The zero-order chi connectivity index (χ0) is 18.1. The summed E-state index contributed by atoms with van der Waals surface area (Å²) >= 11 is 3.00. The molecule has 26 heavy (non-hydrogen) atoms. The molecule has 0 unspecified atom stereocenters. The second-order valence-corrected chi connectivity index (χ2v) is 7.59. The minimum absolute atomic E-state index is 0.0907. The van der Waals surface area contributed by atoms with Gasteiger partial charge in [-0.3, -0.25) is 14.2 Å². The molecule has 1 amide bonds. The van der Waals surface area contributed by atoms with Crippen molar-refractivity contribution in [3.05, 3.63) is 63.7 Å². The second kappa shape index (κ2) is 6.89. The highest BCUT2D eigenvalue weighted by atomic mass is 32.1. The minimum Gasteiger partial charge on any atom is -0.467 e. The van der Waals surface area contributed by atoms with Gasteiger partial charge in [0.2, 0.25) is 5.91 Å². The Bertz CT molecular complexity index is 1090. The first kappa shape index (κ1) is 16.7. The lowest BCUT2D eigenvalue weighted by atomic mass is 10.2. The summed E-state index contributed by atoms with van der Waals surface area (Å²) in [6.07, 6.45) is 2.99. The molecule has 0 saturated carbocycles. The second-order valence-electron chi connectivity index (χ2n) is 5.79. The van der Waals surface area contributed by atoms with E-state index in [1.165, 1.54) is 22.2 Å². The molecule has 0 aliphatic carbocycles. The Kier molecular flexibility index (Phi) is 4.44. The molecule has 4 aromatic rings. The summed E-state index contributed by atoms with van der Waals surface area (Å²) in [4.78, 5) is 31.3. The van der Waals surface area contributed by atoms with Gasteiger partial charge in [0.05, 0.1) is 24.0 Å². The molecule has 4 aromatic heterocycles. The van der Waals surface area contributed by atoms with Gasteiger partial charge in [-0.2, -0.15) is 0 Å². The first-order chi connectivity index (χ1) is 12.6. The van der Waals surface area contributed by atoms with Crippen molar-refractivity contribution in [2.24, 2.45) is 0 Å². The molecular weight excluding hydrogens is 370 g/mol. The molecule has 0 aliphatic rings. The van der Waals surface area contributed by atoms with Gasteiger partial charge in [-0.05, 0) is 30.5 Å². The van der Waals surface area contributed by atoms with Crippen LogP contribution in [0.15, 0.2) is 56.8 Å². The number of amides is 1. The molecule has 0 aromatic carbocycles. The van der Waals surface area contributed by atoms with Gasteiger partial charge in [-0.15, -0.1) is 22.7 Å². The molecule has 8 heteroatoms. The van der Waals surface area contributed by atoms with Crippen molar-refractivity contribution in [1.29, 1.82) is 0 Å². The van der Waals surface area contributed by atoms with Gasteiger partial charge in [-0.1, -0.05) is 6.07 Å². The Morgan fingerprint density at radius 3 is 2.96 bits per heavy atom. The van der Waals surface area contributed by atoms with Gasteiger partial charge in [-0.25, -0.2) is 4.98 Å². The zero-order valence-corrected chi connectivity index (χ0v) is 15.5. The molecule has 1 atom stereocenters. The average molecular weight is 385 g/mol. The van der Waals surface area contributed by atoms with E-state index in [1.807, 2.05) is 29.8 Å². The molecule has 6 nitrogen and oxygen atoms in total. The summed E-state index contributed by atoms with van der Waals surface area (Å²) in [5, 5.41) is 7.30. The van der Waals surface area contributed by atoms with E-state index in [-0.39, 0.29) is 24.1 Å². The molecule has 132 valence electrons. The van der Waals surface area contributed by atoms with Gasteiger partial charge >= 0.3 is 0 Å². The predicted molar refractivity (Wildman–Crippen MR) is 102 cm³/mol. The third kappa shape index (κ3) is 3.09. The Balaban J connectivity index is 1.61. The fourth-order valence-electron chi connectivity index (χ4n) is 2.74. The van der Waals surface area contributed by atoms with Crippen molar-refractivity contribution in [3.63, 3.8) is 0 Å². The van der Waals surface area contributed by atoms with Crippen LogP contribution in [0.25, 0.3) is 20.7 Å². The van der Waals surface area contributed by atoms with E-state index in [4.69, 9.17) is 4.42 Å². The fourth-order valence-corrected chi connectivity index (χ4v) is 4.46. The van der Waals surface area contributed by atoms with Crippen LogP contribution in [-0.4, -0.2) is 15.5 Å². The van der Waals surface area contributed by atoms with Crippen LogP contribution in [0.2, 0.25) is 0 Å². The summed E-state index contributed by atoms with van der Waals surface area (Å²) in [6.45, 7) is 1.74. The van der Waals surface area contributed by atoms with E-state index in [0.29, 0.717) is 16.0 Å². The molecule has 0 saturated heterocycles. The predicted octanol–water partition coefficient (Wildman–Crippen LogP) is 3.66. The van der Waals surface area contributed by atoms with E-state index in [2.05, 4.69) is 10.3 Å². The summed E-state index contributed by atoms with van der Waals surface area (Å²) in [7, 11) is 0. The minimum atomic E-state index is -0.273. The maximum atomic E-state index is 12.9. The number of carbonyl (C=O) groups excluding carboxylic acids is 1. The number of nitrogens with zero attached hydrogens (tertiary/aromatic N) is 2. The van der Waals surface area contributed by atoms with Crippen LogP contribution in [0, 0.1) is 0 Å². The molecule has 0 aliphatic heterocycles. The number of aromatic nitrogens is 2. The number of nitrogens with one attached hydrogen (secondary N) is 1. The Morgan fingerprint density at radius 2 is 2.23 bits per heavy atom. The topological polar surface area (TPSA) is 77.1 Å². The Labute approximate surface area is 156 Å². The molecular formula is C18H15N3O3S2. The van der Waals surface area contributed by atoms with E-state index in [9.17, 15) is 9.59 Å². The number of hydrogen-bond acceptors (Lipinski definition) is 6. The smallest absolute Gasteiger partial charge is 0.263 e. The zero-order valence-electron chi connectivity index (χ0n) is 13.8. The van der Waals surface area contributed by atoms with Crippen LogP contribution in [0.3, 0.4) is 0 Å². The van der Waals surface area contributed by atoms with Gasteiger partial charge in [0.15, 0.2) is 0 Å². The van der Waals surface area contributed by atoms with E-state index < -0.39 is 0 Å². The summed E-state index contributed by atoms with van der Waals surface area (Å²) in [6, 6.07) is 7.21. The van der Waals surface area contributed by atoms with Crippen LogP contribution in [0.1, 0.15) is 18.7 Å². The quantitative estimate of drug-likeness (QED) is 0.569. The maximum absolute atomic E-state index is 12.9. The van der Waals surface area contributed by atoms with Gasteiger partial charge in [0, 0.05) is 15.8 Å². The first-order valence-corrected chi connectivity index (χ1v) is 9.72. The van der Waals surface area contributed by atoms with Crippen LogP contribution in [-0.2, 0) is 11.3 Å². The first-order valence-electron chi connectivity index (χ1n) is 7.97. The largest absolute Gasteiger partial charge is 0.467 e. The van der Waals surface area contributed by atoms with E-state index >= 15 is 0 Å². The third-order valence-corrected chi connectivity index (χ3v) is 5.80. The van der Waals surface area contributed by atoms with Crippen molar-refractivity contribution in [2.45, 2.75) is 19.5 Å². The molecule has 0 bridgehead atoms. The van der Waals surface area contributed by atoms with Gasteiger partial charge in [0.25, 0.3) is 5.56 Å². The van der Waals surface area contributed by atoms with Crippen LogP contribution < -0.4 is 10.9 Å².